The van der Waals surface area contributed by atoms with Crippen molar-refractivity contribution >= 4 is 22.4 Å². The number of benzene rings is 3. The molecule has 126 valence electrons. The van der Waals surface area contributed by atoms with Crippen LogP contribution < -0.4 is 5.32 Å². The molecule has 3 heteroatoms. The van der Waals surface area contributed by atoms with Crippen LogP contribution in [0.25, 0.3) is 10.8 Å². The number of likely N-dealkylation sites (tertiary alicyclic amines) is 1. The number of carbonyl (C=O) groups is 1. The molecule has 1 heterocycles. The molecule has 1 amide bonds. The van der Waals surface area contributed by atoms with Crippen molar-refractivity contribution in [2.75, 3.05) is 18.4 Å². The van der Waals surface area contributed by atoms with Crippen molar-refractivity contribution in [2.45, 2.75) is 18.9 Å². The molecule has 1 unspecified atom stereocenters. The third-order valence-electron chi connectivity index (χ3n) is 4.96. The molecule has 1 aliphatic rings. The molecule has 4 rings (SSSR count). The molecule has 3 aromatic rings. The average Bonchev–Trinajstić information content (AvgIpc) is 3.11. The summed E-state index contributed by atoms with van der Waals surface area (Å²) in [5, 5.41) is 5.33. The summed E-state index contributed by atoms with van der Waals surface area (Å²) in [7, 11) is 0. The van der Waals surface area contributed by atoms with Crippen LogP contribution in [0.15, 0.2) is 72.8 Å². The molecule has 25 heavy (non-hydrogen) atoms. The Morgan fingerprint density at radius 1 is 0.960 bits per heavy atom. The summed E-state index contributed by atoms with van der Waals surface area (Å²) in [6, 6.07) is 25.0. The summed E-state index contributed by atoms with van der Waals surface area (Å²) < 4.78 is 0. The van der Waals surface area contributed by atoms with E-state index in [1.165, 1.54) is 5.56 Å². The second-order valence-electron chi connectivity index (χ2n) is 6.61. The van der Waals surface area contributed by atoms with Crippen LogP contribution in [0, 0.1) is 0 Å². The Hall–Kier alpha value is -2.65. The van der Waals surface area contributed by atoms with Crippen molar-refractivity contribution < 1.29 is 4.79 Å². The lowest BCUT2D eigenvalue weighted by Crippen LogP contribution is -2.32. The number of fused-ring (bicyclic) bond motifs is 1. The number of rotatable bonds is 4. The van der Waals surface area contributed by atoms with Crippen molar-refractivity contribution in [3.05, 3.63) is 78.4 Å². The second-order valence-corrected chi connectivity index (χ2v) is 6.61. The minimum atomic E-state index is 0.0548. The van der Waals surface area contributed by atoms with Crippen molar-refractivity contribution in [1.82, 2.24) is 4.90 Å². The Kier molecular flexibility index (Phi) is 4.49. The van der Waals surface area contributed by atoms with Gasteiger partial charge in [-0.15, -0.1) is 0 Å². The van der Waals surface area contributed by atoms with Gasteiger partial charge in [0, 0.05) is 17.1 Å². The van der Waals surface area contributed by atoms with E-state index in [1.807, 2.05) is 36.4 Å². The minimum Gasteiger partial charge on any atom is -0.324 e. The van der Waals surface area contributed by atoms with E-state index in [2.05, 4.69) is 46.6 Å². The molecule has 1 aliphatic heterocycles. The lowest BCUT2D eigenvalue weighted by Gasteiger charge is -2.24. The van der Waals surface area contributed by atoms with E-state index >= 15 is 0 Å². The van der Waals surface area contributed by atoms with E-state index in [4.69, 9.17) is 0 Å². The molecule has 0 aromatic heterocycles. The van der Waals surface area contributed by atoms with Crippen molar-refractivity contribution in [2.24, 2.45) is 0 Å². The summed E-state index contributed by atoms with van der Waals surface area (Å²) >= 11 is 0. The maximum atomic E-state index is 12.6. The van der Waals surface area contributed by atoms with Gasteiger partial charge in [0.15, 0.2) is 0 Å². The van der Waals surface area contributed by atoms with E-state index < -0.39 is 0 Å². The smallest absolute Gasteiger partial charge is 0.238 e. The van der Waals surface area contributed by atoms with Crippen LogP contribution in [0.1, 0.15) is 24.4 Å². The molecule has 1 saturated heterocycles. The molecule has 3 aromatic carbocycles. The third kappa shape index (κ3) is 3.42. The highest BCUT2D eigenvalue weighted by molar-refractivity contribution is 6.02. The number of nitrogens with zero attached hydrogens (tertiary/aromatic N) is 1. The van der Waals surface area contributed by atoms with Gasteiger partial charge in [-0.3, -0.25) is 9.69 Å². The highest BCUT2D eigenvalue weighted by Crippen LogP contribution is 2.31. The third-order valence-corrected chi connectivity index (χ3v) is 4.96. The Morgan fingerprint density at radius 3 is 2.60 bits per heavy atom. The largest absolute Gasteiger partial charge is 0.324 e. The SMILES string of the molecule is O=C(CN1CCCC1c1ccccc1)Nc1cccc2ccccc12. The maximum Gasteiger partial charge on any atom is 0.238 e. The first kappa shape index (κ1) is 15.9. The zero-order valence-corrected chi connectivity index (χ0v) is 14.2. The van der Waals surface area contributed by atoms with Crippen LogP contribution in [0.2, 0.25) is 0 Å². The first-order chi connectivity index (χ1) is 12.3. The Balaban J connectivity index is 1.48. The molecule has 0 bridgehead atoms. The van der Waals surface area contributed by atoms with Crippen LogP contribution in [0.4, 0.5) is 5.69 Å². The normalized spacial score (nSPS) is 17.7. The van der Waals surface area contributed by atoms with Gasteiger partial charge in [0.2, 0.25) is 5.91 Å². The number of anilines is 1. The Labute approximate surface area is 148 Å². The van der Waals surface area contributed by atoms with E-state index in [0.717, 1.165) is 35.8 Å². The van der Waals surface area contributed by atoms with Gasteiger partial charge in [0.1, 0.15) is 0 Å². The van der Waals surface area contributed by atoms with Crippen molar-refractivity contribution in [3.63, 3.8) is 0 Å². The van der Waals surface area contributed by atoms with E-state index in [1.54, 1.807) is 0 Å². The fourth-order valence-corrected chi connectivity index (χ4v) is 3.78. The van der Waals surface area contributed by atoms with E-state index in [9.17, 15) is 4.79 Å². The second kappa shape index (κ2) is 7.08. The first-order valence-corrected chi connectivity index (χ1v) is 8.88. The molecule has 1 N–H and O–H groups in total. The lowest BCUT2D eigenvalue weighted by molar-refractivity contribution is -0.117. The number of nitrogens with one attached hydrogen (secondary N) is 1. The number of amides is 1. The van der Waals surface area contributed by atoms with E-state index in [-0.39, 0.29) is 5.91 Å². The monoisotopic (exact) mass is 330 g/mol. The number of carbonyl (C=O) groups excluding carboxylic acids is 1. The van der Waals surface area contributed by atoms with Gasteiger partial charge in [-0.25, -0.2) is 0 Å². The minimum absolute atomic E-state index is 0.0548. The predicted octanol–water partition coefficient (Wildman–Crippen LogP) is 4.62. The molecule has 0 saturated carbocycles. The van der Waals surface area contributed by atoms with Gasteiger partial charge < -0.3 is 5.32 Å². The molecule has 0 spiro atoms. The zero-order valence-electron chi connectivity index (χ0n) is 14.2. The standard InChI is InChI=1S/C22H22N2O/c25-22(23-20-13-6-11-17-8-4-5-12-19(17)20)16-24-15-7-14-21(24)18-9-2-1-3-10-18/h1-6,8-13,21H,7,14-16H2,(H,23,25). The van der Waals surface area contributed by atoms with Gasteiger partial charge in [0.25, 0.3) is 0 Å². The van der Waals surface area contributed by atoms with Crippen LogP contribution in [-0.4, -0.2) is 23.9 Å². The average molecular weight is 330 g/mol. The fourth-order valence-electron chi connectivity index (χ4n) is 3.78. The molecule has 3 nitrogen and oxygen atoms in total. The quantitative estimate of drug-likeness (QED) is 0.757. The Morgan fingerprint density at radius 2 is 1.72 bits per heavy atom. The highest BCUT2D eigenvalue weighted by Gasteiger charge is 2.27. The van der Waals surface area contributed by atoms with Crippen LogP contribution >= 0.6 is 0 Å². The van der Waals surface area contributed by atoms with Gasteiger partial charge in [0.05, 0.1) is 6.54 Å². The number of hydrogen-bond acceptors (Lipinski definition) is 2. The first-order valence-electron chi connectivity index (χ1n) is 8.88. The van der Waals surface area contributed by atoms with Gasteiger partial charge in [-0.1, -0.05) is 66.7 Å². The van der Waals surface area contributed by atoms with E-state index in [0.29, 0.717) is 12.6 Å². The Bertz CT molecular complexity index is 870. The predicted molar refractivity (Wildman–Crippen MR) is 103 cm³/mol. The van der Waals surface area contributed by atoms with Gasteiger partial charge in [-0.2, -0.15) is 0 Å². The van der Waals surface area contributed by atoms with Gasteiger partial charge in [-0.05, 0) is 36.4 Å². The molecule has 1 atom stereocenters. The van der Waals surface area contributed by atoms with Crippen molar-refractivity contribution in [1.29, 1.82) is 0 Å². The fraction of sp³-hybridized carbons (Fsp3) is 0.227. The molecule has 1 fully saturated rings. The molecular formula is C22H22N2O. The van der Waals surface area contributed by atoms with Crippen LogP contribution in [0.5, 0.6) is 0 Å². The van der Waals surface area contributed by atoms with Gasteiger partial charge >= 0.3 is 0 Å². The maximum absolute atomic E-state index is 12.6. The summed E-state index contributed by atoms with van der Waals surface area (Å²) in [5.41, 5.74) is 2.19. The van der Waals surface area contributed by atoms with Crippen molar-refractivity contribution in [3.8, 4) is 0 Å². The summed E-state index contributed by atoms with van der Waals surface area (Å²) in [6.45, 7) is 1.41. The zero-order chi connectivity index (χ0) is 17.1. The molecular weight excluding hydrogens is 308 g/mol. The van der Waals surface area contributed by atoms with Crippen LogP contribution in [-0.2, 0) is 4.79 Å². The topological polar surface area (TPSA) is 32.3 Å². The van der Waals surface area contributed by atoms with Crippen LogP contribution in [0.3, 0.4) is 0 Å². The summed E-state index contributed by atoms with van der Waals surface area (Å²) in [5.74, 6) is 0.0548. The molecule has 0 aliphatic carbocycles. The molecule has 0 radical (unpaired) electrons. The summed E-state index contributed by atoms with van der Waals surface area (Å²) in [4.78, 5) is 14.9. The highest BCUT2D eigenvalue weighted by atomic mass is 16.2. The number of hydrogen-bond donors (Lipinski definition) is 1. The lowest BCUT2D eigenvalue weighted by atomic mass is 10.0. The summed E-state index contributed by atoms with van der Waals surface area (Å²) in [6.07, 6.45) is 2.26.